The van der Waals surface area contributed by atoms with E-state index >= 15 is 0 Å². The van der Waals surface area contributed by atoms with Crippen LogP contribution in [0, 0.1) is 0 Å². The van der Waals surface area contributed by atoms with Crippen LogP contribution in [0.4, 0.5) is 0 Å². The smallest absolute Gasteiger partial charge is 0.356 e. The first-order valence-electron chi connectivity index (χ1n) is 13.9. The summed E-state index contributed by atoms with van der Waals surface area (Å²) in [7, 11) is 0. The van der Waals surface area contributed by atoms with E-state index in [4.69, 9.17) is 4.74 Å². The predicted molar refractivity (Wildman–Crippen MR) is 182 cm³/mol. The van der Waals surface area contributed by atoms with E-state index in [0.29, 0.717) is 0 Å². The van der Waals surface area contributed by atoms with E-state index in [9.17, 15) is 14.7 Å². The Bertz CT molecular complexity index is 1540. The average Bonchev–Trinajstić information content (AvgIpc) is 3.05. The van der Waals surface area contributed by atoms with E-state index in [2.05, 4.69) is 22.5 Å². The number of hydrogen-bond acceptors (Lipinski definition) is 5. The van der Waals surface area contributed by atoms with E-state index in [-0.39, 0.29) is 24.5 Å². The van der Waals surface area contributed by atoms with Gasteiger partial charge in [0, 0.05) is 17.1 Å². The summed E-state index contributed by atoms with van der Waals surface area (Å²) >= 11 is 4.81. The van der Waals surface area contributed by atoms with Gasteiger partial charge < -0.3 is 14.7 Å². The van der Waals surface area contributed by atoms with Crippen molar-refractivity contribution in [1.29, 1.82) is 0 Å². The van der Waals surface area contributed by atoms with Crippen LogP contribution in [-0.2, 0) is 19.7 Å². The molecule has 5 rings (SSSR count). The molecule has 1 N–H and O–H groups in total. The van der Waals surface area contributed by atoms with Gasteiger partial charge in [-0.05, 0) is 40.5 Å². The lowest BCUT2D eigenvalue weighted by Gasteiger charge is -2.51. The number of carbonyl (C=O) groups is 2. The zero-order chi connectivity index (χ0) is 30.5. The van der Waals surface area contributed by atoms with Gasteiger partial charge in [-0.25, -0.2) is 4.79 Å². The molecule has 43 heavy (non-hydrogen) atoms. The highest BCUT2D eigenvalue weighted by Crippen LogP contribution is 2.51. The second-order valence-corrected chi connectivity index (χ2v) is 15.5. The highest BCUT2D eigenvalue weighted by Gasteiger charge is 2.59. The fourth-order valence-corrected chi connectivity index (χ4v) is 11.4. The summed E-state index contributed by atoms with van der Waals surface area (Å²) in [5, 5.41) is 14.6. The third-order valence-electron chi connectivity index (χ3n) is 7.57. The second kappa shape index (κ2) is 13.5. The van der Waals surface area contributed by atoms with Crippen molar-refractivity contribution >= 4 is 67.8 Å². The molecule has 1 fully saturated rings. The van der Waals surface area contributed by atoms with Gasteiger partial charge in [-0.3, -0.25) is 4.79 Å². The standard InChI is InChI=1S/C35H33BrNO4PS/c1-3-23-41-33(39)32(37-25-35(26(2)38,34(37)40)43-31-21-19-27(24-36)20-22-31)42(28-13-7-4-8-14-28,29-15-9-5-10-16-29)30-17-11-6-12-18-30/h3-22,26,38H,1,23-25H2,2H3/t26-,35+/m1/s1. The number of aliphatic hydroxyl groups is 1. The normalized spacial score (nSPS) is 17.1. The minimum atomic E-state index is -2.98. The number of alkyl halides is 1. The number of β-lactam (4-membered cyclic amide) rings is 1. The Morgan fingerprint density at radius 3 is 1.84 bits per heavy atom. The highest BCUT2D eigenvalue weighted by atomic mass is 79.9. The van der Waals surface area contributed by atoms with Gasteiger partial charge in [-0.1, -0.05) is 132 Å². The maximum Gasteiger partial charge on any atom is 0.356 e. The van der Waals surface area contributed by atoms with Gasteiger partial charge in [0.2, 0.25) is 5.91 Å². The number of halogens is 1. The van der Waals surface area contributed by atoms with E-state index < -0.39 is 23.7 Å². The van der Waals surface area contributed by atoms with Crippen molar-refractivity contribution < 1.29 is 19.4 Å². The number of aliphatic hydroxyl groups excluding tert-OH is 1. The number of amides is 1. The van der Waals surface area contributed by atoms with Crippen LogP contribution in [0.15, 0.2) is 133 Å². The molecule has 0 radical (unpaired) electrons. The number of esters is 1. The van der Waals surface area contributed by atoms with Crippen molar-refractivity contribution in [3.8, 4) is 0 Å². The number of nitrogens with zero attached hydrogens (tertiary/aromatic N) is 1. The Morgan fingerprint density at radius 1 is 0.953 bits per heavy atom. The van der Waals surface area contributed by atoms with Gasteiger partial charge in [0.15, 0.2) is 0 Å². The lowest BCUT2D eigenvalue weighted by molar-refractivity contribution is -0.146. The van der Waals surface area contributed by atoms with Gasteiger partial charge in [0.25, 0.3) is 0 Å². The molecule has 1 aliphatic heterocycles. The van der Waals surface area contributed by atoms with E-state index in [1.54, 1.807) is 11.8 Å². The van der Waals surface area contributed by atoms with Crippen LogP contribution in [0.5, 0.6) is 0 Å². The Balaban J connectivity index is 1.79. The second-order valence-electron chi connectivity index (χ2n) is 10.2. The molecule has 220 valence electrons. The van der Waals surface area contributed by atoms with Gasteiger partial charge in [0.05, 0.1) is 12.6 Å². The third-order valence-corrected chi connectivity index (χ3v) is 14.0. The number of likely N-dealkylation sites (tertiary alicyclic amines) is 1. The molecule has 0 unspecified atom stereocenters. The highest BCUT2D eigenvalue weighted by molar-refractivity contribution is 9.08. The van der Waals surface area contributed by atoms with E-state index in [1.165, 1.54) is 17.8 Å². The van der Waals surface area contributed by atoms with E-state index in [1.807, 2.05) is 115 Å². The maximum atomic E-state index is 14.5. The number of ether oxygens (including phenoxy) is 1. The Labute approximate surface area is 265 Å². The molecule has 0 spiro atoms. The fraction of sp³-hybridized carbons (Fsp3) is 0.171. The molecule has 1 saturated heterocycles. The third kappa shape index (κ3) is 5.80. The number of carbonyl (C=O) groups excluding carboxylic acids is 2. The van der Waals surface area contributed by atoms with Crippen LogP contribution in [0.1, 0.15) is 12.5 Å². The van der Waals surface area contributed by atoms with Crippen molar-refractivity contribution in [1.82, 2.24) is 4.90 Å². The molecule has 1 heterocycles. The van der Waals surface area contributed by atoms with Gasteiger partial charge in [-0.2, -0.15) is 0 Å². The monoisotopic (exact) mass is 673 g/mol. The van der Waals surface area contributed by atoms with Crippen LogP contribution in [-0.4, -0.2) is 51.3 Å². The zero-order valence-electron chi connectivity index (χ0n) is 23.8. The van der Waals surface area contributed by atoms with Crippen LogP contribution >= 0.6 is 34.6 Å². The molecule has 5 nitrogen and oxygen atoms in total. The van der Waals surface area contributed by atoms with Gasteiger partial charge in [0.1, 0.15) is 16.8 Å². The van der Waals surface area contributed by atoms with Crippen LogP contribution in [0.3, 0.4) is 0 Å². The molecule has 0 bridgehead atoms. The van der Waals surface area contributed by atoms with Crippen molar-refractivity contribution in [3.05, 3.63) is 133 Å². The first-order valence-corrected chi connectivity index (χ1v) is 17.7. The summed E-state index contributed by atoms with van der Waals surface area (Å²) in [6, 6.07) is 37.5. The lowest BCUT2D eigenvalue weighted by atomic mass is 9.92. The Hall–Kier alpha value is -3.35. The summed E-state index contributed by atoms with van der Waals surface area (Å²) in [5.41, 5.74) is 1.40. The van der Waals surface area contributed by atoms with Crippen molar-refractivity contribution in [2.45, 2.75) is 28.0 Å². The molecule has 8 heteroatoms. The topological polar surface area (TPSA) is 66.8 Å². The summed E-state index contributed by atoms with van der Waals surface area (Å²) in [4.78, 5) is 31.3. The number of thioether (sulfide) groups is 1. The van der Waals surface area contributed by atoms with Crippen molar-refractivity contribution in [2.24, 2.45) is 0 Å². The lowest BCUT2D eigenvalue weighted by Crippen LogP contribution is -2.72. The first-order chi connectivity index (χ1) is 20.9. The summed E-state index contributed by atoms with van der Waals surface area (Å²) in [6.07, 6.45) is 0.550. The molecular weight excluding hydrogens is 641 g/mol. The fourth-order valence-electron chi connectivity index (χ4n) is 5.41. The first kappa shape index (κ1) is 31.1. The predicted octanol–water partition coefficient (Wildman–Crippen LogP) is 5.49. The molecule has 1 aliphatic rings. The van der Waals surface area contributed by atoms with Crippen molar-refractivity contribution in [2.75, 3.05) is 13.2 Å². The maximum absolute atomic E-state index is 14.5. The van der Waals surface area contributed by atoms with Gasteiger partial charge >= 0.3 is 5.97 Å². The van der Waals surface area contributed by atoms with Crippen molar-refractivity contribution in [3.63, 3.8) is 0 Å². The molecule has 0 aromatic heterocycles. The van der Waals surface area contributed by atoms with Crippen LogP contribution in [0.25, 0.3) is 0 Å². The number of benzene rings is 4. The molecule has 0 aliphatic carbocycles. The minimum Gasteiger partial charge on any atom is -0.457 e. The quantitative estimate of drug-likeness (QED) is 0.0750. The molecule has 1 amide bonds. The van der Waals surface area contributed by atoms with Crippen LogP contribution < -0.4 is 15.9 Å². The number of rotatable bonds is 11. The molecule has 4 aromatic rings. The van der Waals surface area contributed by atoms with Gasteiger partial charge in [-0.15, -0.1) is 11.8 Å². The Morgan fingerprint density at radius 2 is 1.44 bits per heavy atom. The largest absolute Gasteiger partial charge is 0.457 e. The summed E-state index contributed by atoms with van der Waals surface area (Å²) in [5.74, 6) is -0.904. The summed E-state index contributed by atoms with van der Waals surface area (Å²) < 4.78 is 4.60. The minimum absolute atomic E-state index is 0.00104. The SMILES string of the molecule is C=CCOC(=O)C(N1C[C@](Sc2ccc(CBr)cc2)([C@@H](C)O)C1=O)=P(c1ccccc1)(c1ccccc1)c1ccccc1. The summed E-state index contributed by atoms with van der Waals surface area (Å²) in [6.45, 7) is 2.53. The average molecular weight is 675 g/mol. The Kier molecular flexibility index (Phi) is 9.78. The molecule has 4 aromatic carbocycles. The van der Waals surface area contributed by atoms with E-state index in [0.717, 1.165) is 31.7 Å². The molecular formula is C35H33BrNO4PS. The zero-order valence-corrected chi connectivity index (χ0v) is 27.1. The molecule has 0 saturated carbocycles. The van der Waals surface area contributed by atoms with Crippen LogP contribution in [0.2, 0.25) is 0 Å². The molecule has 2 atom stereocenters. The number of hydrogen-bond donors (Lipinski definition) is 1.